The summed E-state index contributed by atoms with van der Waals surface area (Å²) in [5, 5.41) is 3.21. The van der Waals surface area contributed by atoms with Crippen molar-refractivity contribution < 1.29 is 4.42 Å². The lowest BCUT2D eigenvalue weighted by Gasteiger charge is -1.95. The molecular formula is C13H7N3O. The van der Waals surface area contributed by atoms with Crippen molar-refractivity contribution >= 4 is 32.8 Å². The molecule has 0 atom stereocenters. The molecule has 0 aliphatic rings. The van der Waals surface area contributed by atoms with Crippen LogP contribution < -0.4 is 0 Å². The van der Waals surface area contributed by atoms with Gasteiger partial charge >= 0.3 is 0 Å². The van der Waals surface area contributed by atoms with Crippen molar-refractivity contribution in [1.29, 1.82) is 0 Å². The fourth-order valence-electron chi connectivity index (χ4n) is 2.10. The molecule has 0 saturated carbocycles. The first-order valence-electron chi connectivity index (χ1n) is 5.28. The van der Waals surface area contributed by atoms with Crippen LogP contribution in [0.2, 0.25) is 0 Å². The molecule has 0 saturated heterocycles. The molecule has 80 valence electrons. The van der Waals surface area contributed by atoms with Gasteiger partial charge in [-0.25, -0.2) is 9.97 Å². The zero-order valence-corrected chi connectivity index (χ0v) is 8.79. The summed E-state index contributed by atoms with van der Waals surface area (Å²) in [5.41, 5.74) is 2.39. The molecule has 0 bridgehead atoms. The molecule has 0 aliphatic heterocycles. The van der Waals surface area contributed by atoms with Crippen molar-refractivity contribution in [3.63, 3.8) is 0 Å². The van der Waals surface area contributed by atoms with Gasteiger partial charge in [0, 0.05) is 23.2 Å². The topological polar surface area (TPSA) is 51.8 Å². The van der Waals surface area contributed by atoms with Gasteiger partial charge in [0.05, 0.1) is 6.20 Å². The second-order valence-electron chi connectivity index (χ2n) is 3.91. The van der Waals surface area contributed by atoms with Crippen molar-refractivity contribution in [2.75, 3.05) is 0 Å². The Morgan fingerprint density at radius 2 is 1.94 bits per heavy atom. The van der Waals surface area contributed by atoms with Gasteiger partial charge in [-0.05, 0) is 23.6 Å². The molecule has 4 rings (SSSR count). The van der Waals surface area contributed by atoms with E-state index in [4.69, 9.17) is 4.42 Å². The van der Waals surface area contributed by atoms with Crippen LogP contribution in [0.3, 0.4) is 0 Å². The third kappa shape index (κ3) is 1.15. The highest BCUT2D eigenvalue weighted by atomic mass is 16.3. The van der Waals surface area contributed by atoms with Gasteiger partial charge in [-0.1, -0.05) is 0 Å². The second-order valence-corrected chi connectivity index (χ2v) is 3.91. The zero-order chi connectivity index (χ0) is 11.2. The number of aromatic nitrogens is 3. The molecule has 0 radical (unpaired) electrons. The molecule has 0 unspecified atom stereocenters. The van der Waals surface area contributed by atoms with Crippen molar-refractivity contribution in [2.24, 2.45) is 0 Å². The highest BCUT2D eigenvalue weighted by molar-refractivity contribution is 6.07. The summed E-state index contributed by atoms with van der Waals surface area (Å²) < 4.78 is 5.71. The van der Waals surface area contributed by atoms with Gasteiger partial charge in [-0.3, -0.25) is 4.98 Å². The summed E-state index contributed by atoms with van der Waals surface area (Å²) in [4.78, 5) is 12.3. The first-order chi connectivity index (χ1) is 8.42. The number of nitrogens with zero attached hydrogens (tertiary/aromatic N) is 3. The van der Waals surface area contributed by atoms with E-state index in [0.29, 0.717) is 5.58 Å². The van der Waals surface area contributed by atoms with Crippen LogP contribution in [0.4, 0.5) is 0 Å². The van der Waals surface area contributed by atoms with Crippen molar-refractivity contribution in [3.8, 4) is 0 Å². The quantitative estimate of drug-likeness (QED) is 0.458. The smallest absolute Gasteiger partial charge is 0.172 e. The summed E-state index contributed by atoms with van der Waals surface area (Å²) in [7, 11) is 0. The largest absolute Gasteiger partial charge is 0.453 e. The summed E-state index contributed by atoms with van der Waals surface area (Å²) >= 11 is 0. The Labute approximate surface area is 95.9 Å². The Balaban J connectivity index is 2.28. The van der Waals surface area contributed by atoms with E-state index >= 15 is 0 Å². The van der Waals surface area contributed by atoms with Crippen LogP contribution in [-0.4, -0.2) is 15.0 Å². The fraction of sp³-hybridized carbons (Fsp3) is 0. The molecule has 3 aromatic heterocycles. The summed E-state index contributed by atoms with van der Waals surface area (Å²) in [6, 6.07) is 6.04. The average Bonchev–Trinajstić information content (AvgIpc) is 2.73. The molecule has 1 aromatic carbocycles. The lowest BCUT2D eigenvalue weighted by molar-refractivity contribution is 0.666. The maximum atomic E-state index is 5.71. The highest BCUT2D eigenvalue weighted by Crippen LogP contribution is 2.29. The van der Waals surface area contributed by atoms with Crippen LogP contribution in [-0.2, 0) is 0 Å². The number of benzene rings is 1. The lowest BCUT2D eigenvalue weighted by Crippen LogP contribution is -1.77. The molecular weight excluding hydrogens is 214 g/mol. The van der Waals surface area contributed by atoms with Crippen LogP contribution >= 0.6 is 0 Å². The predicted octanol–water partition coefficient (Wildman–Crippen LogP) is 2.92. The lowest BCUT2D eigenvalue weighted by atomic mass is 10.1. The van der Waals surface area contributed by atoms with E-state index in [2.05, 4.69) is 21.0 Å². The molecule has 3 heterocycles. The van der Waals surface area contributed by atoms with E-state index in [1.54, 1.807) is 12.4 Å². The normalized spacial score (nSPS) is 11.5. The number of fused-ring (bicyclic) bond motifs is 4. The van der Waals surface area contributed by atoms with E-state index in [9.17, 15) is 0 Å². The maximum Gasteiger partial charge on any atom is 0.172 e. The number of rotatable bonds is 0. The second kappa shape index (κ2) is 3.01. The molecule has 4 aromatic rings. The minimum absolute atomic E-state index is 0.714. The first kappa shape index (κ1) is 8.64. The first-order valence-corrected chi connectivity index (χ1v) is 5.28. The van der Waals surface area contributed by atoms with Crippen molar-refractivity contribution in [2.45, 2.75) is 0 Å². The van der Waals surface area contributed by atoms with Gasteiger partial charge in [-0.2, -0.15) is 0 Å². The summed E-state index contributed by atoms with van der Waals surface area (Å²) in [6.45, 7) is 0. The van der Waals surface area contributed by atoms with Gasteiger partial charge in [0.25, 0.3) is 0 Å². The van der Waals surface area contributed by atoms with Crippen LogP contribution in [0.25, 0.3) is 32.8 Å². The van der Waals surface area contributed by atoms with Gasteiger partial charge in [0.2, 0.25) is 0 Å². The summed E-state index contributed by atoms with van der Waals surface area (Å²) in [6.07, 6.45) is 6.83. The van der Waals surface area contributed by atoms with Crippen molar-refractivity contribution in [3.05, 3.63) is 43.1 Å². The van der Waals surface area contributed by atoms with Crippen LogP contribution in [0.15, 0.2) is 47.5 Å². The number of furan rings is 1. The van der Waals surface area contributed by atoms with Crippen LogP contribution in [0, 0.1) is 0 Å². The average molecular weight is 221 g/mol. The molecule has 4 heteroatoms. The Morgan fingerprint density at radius 3 is 2.94 bits per heavy atom. The zero-order valence-electron chi connectivity index (χ0n) is 8.79. The summed E-state index contributed by atoms with van der Waals surface area (Å²) in [5.74, 6) is 0. The number of hydrogen-bond acceptors (Lipinski definition) is 4. The number of pyridine rings is 1. The van der Waals surface area contributed by atoms with Gasteiger partial charge < -0.3 is 4.42 Å². The molecule has 0 N–H and O–H groups in total. The highest BCUT2D eigenvalue weighted by Gasteiger charge is 2.08. The van der Waals surface area contributed by atoms with E-state index < -0.39 is 0 Å². The third-order valence-electron chi connectivity index (χ3n) is 2.89. The van der Waals surface area contributed by atoms with Gasteiger partial charge in [0.1, 0.15) is 17.4 Å². The van der Waals surface area contributed by atoms with Crippen molar-refractivity contribution in [1.82, 2.24) is 15.0 Å². The van der Waals surface area contributed by atoms with E-state index in [-0.39, 0.29) is 0 Å². The molecule has 17 heavy (non-hydrogen) atoms. The molecule has 0 fully saturated rings. The number of hydrogen-bond donors (Lipinski definition) is 0. The van der Waals surface area contributed by atoms with E-state index in [1.165, 1.54) is 6.33 Å². The van der Waals surface area contributed by atoms with E-state index in [1.807, 2.05) is 18.3 Å². The SMILES string of the molecule is c1cc2cc3c(cc2cn1)oc1cncnc13. The minimum Gasteiger partial charge on any atom is -0.453 e. The standard InChI is InChI=1S/C13H7N3O/c1-2-14-5-9-4-11-10(3-8(1)9)13-12(17-11)6-15-7-16-13/h1-7H. The third-order valence-corrected chi connectivity index (χ3v) is 2.89. The molecule has 4 nitrogen and oxygen atoms in total. The molecule has 0 amide bonds. The predicted molar refractivity (Wildman–Crippen MR) is 64.6 cm³/mol. The Hall–Kier alpha value is -2.49. The Bertz CT molecular complexity index is 845. The monoisotopic (exact) mass is 221 g/mol. The molecule has 0 aliphatic carbocycles. The van der Waals surface area contributed by atoms with Crippen LogP contribution in [0.1, 0.15) is 0 Å². The van der Waals surface area contributed by atoms with Gasteiger partial charge in [-0.15, -0.1) is 0 Å². The van der Waals surface area contributed by atoms with E-state index in [0.717, 1.165) is 27.3 Å². The van der Waals surface area contributed by atoms with Crippen LogP contribution in [0.5, 0.6) is 0 Å². The maximum absolute atomic E-state index is 5.71. The Kier molecular flexibility index (Phi) is 1.53. The molecule has 0 spiro atoms. The minimum atomic E-state index is 0.714. The Morgan fingerprint density at radius 1 is 0.941 bits per heavy atom. The van der Waals surface area contributed by atoms with Gasteiger partial charge in [0.15, 0.2) is 5.58 Å². The fourth-order valence-corrected chi connectivity index (χ4v) is 2.10.